The molecule has 172 valence electrons. The van der Waals surface area contributed by atoms with Gasteiger partial charge in [0.15, 0.2) is 5.82 Å². The van der Waals surface area contributed by atoms with E-state index in [2.05, 4.69) is 80.8 Å². The van der Waals surface area contributed by atoms with Crippen LogP contribution in [0.2, 0.25) is 0 Å². The number of carbonyl (C=O) groups is 1. The first-order valence-electron chi connectivity index (χ1n) is 11.4. The first-order valence-corrected chi connectivity index (χ1v) is 11.4. The second-order valence-corrected chi connectivity index (χ2v) is 9.25. The van der Waals surface area contributed by atoms with Gasteiger partial charge >= 0.3 is 0 Å². The number of rotatable bonds is 8. The molecule has 1 atom stereocenters. The van der Waals surface area contributed by atoms with Gasteiger partial charge in [-0.05, 0) is 69.3 Å². The van der Waals surface area contributed by atoms with Crippen molar-refractivity contribution in [2.75, 3.05) is 18.0 Å². The summed E-state index contributed by atoms with van der Waals surface area (Å²) in [7, 11) is 0. The van der Waals surface area contributed by atoms with Gasteiger partial charge in [0.05, 0.1) is 11.1 Å². The Morgan fingerprint density at radius 1 is 1.33 bits per heavy atom. The van der Waals surface area contributed by atoms with E-state index in [1.165, 1.54) is 16.2 Å². The standard InChI is InChI=1S/C27H33N5O/c1-8-10-14-32-22-12-11-19(15-20(22)18(3)16-27(32,4)5)23-21(17-28)24(25(29-6)30-7)31(13-9-2)26(23)33/h9,11-12,15,18H,2,6-8,10,13-14,16H2,1,3-5H3. The second-order valence-electron chi connectivity index (χ2n) is 9.25. The first kappa shape index (κ1) is 24.2. The summed E-state index contributed by atoms with van der Waals surface area (Å²) in [6, 6.07) is 8.34. The molecule has 2 heterocycles. The number of benzene rings is 1. The Bertz CT molecular complexity index is 1090. The highest BCUT2D eigenvalue weighted by atomic mass is 16.2. The molecule has 0 radical (unpaired) electrons. The molecule has 1 unspecified atom stereocenters. The largest absolute Gasteiger partial charge is 0.366 e. The van der Waals surface area contributed by atoms with Crippen LogP contribution in [-0.2, 0) is 4.79 Å². The van der Waals surface area contributed by atoms with Gasteiger partial charge in [-0.15, -0.1) is 6.58 Å². The normalized spacial score (nSPS) is 19.3. The lowest BCUT2D eigenvalue weighted by atomic mass is 9.79. The maximum absolute atomic E-state index is 13.5. The summed E-state index contributed by atoms with van der Waals surface area (Å²) < 4.78 is 0. The molecule has 0 N–H and O–H groups in total. The third-order valence-electron chi connectivity index (χ3n) is 6.56. The summed E-state index contributed by atoms with van der Waals surface area (Å²) in [5, 5.41) is 10.0. The predicted molar refractivity (Wildman–Crippen MR) is 136 cm³/mol. The quantitative estimate of drug-likeness (QED) is 0.396. The Labute approximate surface area is 197 Å². The number of hydrogen-bond acceptors (Lipinski definition) is 5. The summed E-state index contributed by atoms with van der Waals surface area (Å²) in [4.78, 5) is 25.2. The van der Waals surface area contributed by atoms with Crippen LogP contribution < -0.4 is 4.90 Å². The van der Waals surface area contributed by atoms with Gasteiger partial charge < -0.3 is 4.90 Å². The van der Waals surface area contributed by atoms with E-state index < -0.39 is 0 Å². The Morgan fingerprint density at radius 3 is 2.61 bits per heavy atom. The number of aliphatic imine (C=N–C) groups is 2. The van der Waals surface area contributed by atoms with Gasteiger partial charge in [0.25, 0.3) is 5.91 Å². The lowest BCUT2D eigenvalue weighted by molar-refractivity contribution is -0.122. The molecule has 33 heavy (non-hydrogen) atoms. The lowest BCUT2D eigenvalue weighted by Gasteiger charge is -2.48. The third kappa shape index (κ3) is 4.16. The number of hydrogen-bond donors (Lipinski definition) is 0. The minimum Gasteiger partial charge on any atom is -0.366 e. The summed E-state index contributed by atoms with van der Waals surface area (Å²) in [5.41, 5.74) is 4.13. The van der Waals surface area contributed by atoms with E-state index in [0.29, 0.717) is 17.2 Å². The highest BCUT2D eigenvalue weighted by Crippen LogP contribution is 2.46. The molecule has 1 aromatic rings. The monoisotopic (exact) mass is 443 g/mol. The van der Waals surface area contributed by atoms with Gasteiger partial charge in [0.1, 0.15) is 11.8 Å². The maximum atomic E-state index is 13.5. The molecule has 2 aliphatic rings. The van der Waals surface area contributed by atoms with E-state index in [9.17, 15) is 10.1 Å². The number of nitriles is 1. The zero-order valence-electron chi connectivity index (χ0n) is 20.2. The van der Waals surface area contributed by atoms with Crippen molar-refractivity contribution in [2.24, 2.45) is 9.98 Å². The molecule has 0 aromatic heterocycles. The lowest BCUT2D eigenvalue weighted by Crippen LogP contribution is -2.48. The van der Waals surface area contributed by atoms with Crippen molar-refractivity contribution in [1.29, 1.82) is 5.26 Å². The summed E-state index contributed by atoms with van der Waals surface area (Å²) >= 11 is 0. The predicted octanol–water partition coefficient (Wildman–Crippen LogP) is 5.45. The fraction of sp³-hybridized carbons (Fsp3) is 0.407. The van der Waals surface area contributed by atoms with Gasteiger partial charge in [0.2, 0.25) is 0 Å². The zero-order valence-corrected chi connectivity index (χ0v) is 20.2. The summed E-state index contributed by atoms with van der Waals surface area (Å²) in [6.45, 7) is 21.1. The molecule has 0 aliphatic carbocycles. The molecule has 0 saturated carbocycles. The molecular formula is C27H33N5O. The summed E-state index contributed by atoms with van der Waals surface area (Å²) in [5.74, 6) is 0.225. The first-order chi connectivity index (χ1) is 15.7. The van der Waals surface area contributed by atoms with E-state index >= 15 is 0 Å². The molecule has 1 amide bonds. The minimum absolute atomic E-state index is 0.0557. The molecular weight excluding hydrogens is 410 g/mol. The molecule has 0 spiro atoms. The maximum Gasteiger partial charge on any atom is 0.260 e. The van der Waals surface area contributed by atoms with Crippen LogP contribution in [0.5, 0.6) is 0 Å². The van der Waals surface area contributed by atoms with Crippen molar-refractivity contribution in [3.63, 3.8) is 0 Å². The van der Waals surface area contributed by atoms with Gasteiger partial charge in [-0.3, -0.25) is 9.69 Å². The van der Waals surface area contributed by atoms with E-state index in [1.807, 2.05) is 6.07 Å². The van der Waals surface area contributed by atoms with Crippen LogP contribution in [0, 0.1) is 11.3 Å². The Balaban J connectivity index is 2.21. The van der Waals surface area contributed by atoms with E-state index in [1.54, 1.807) is 6.08 Å². The van der Waals surface area contributed by atoms with E-state index in [0.717, 1.165) is 31.4 Å². The van der Waals surface area contributed by atoms with Gasteiger partial charge in [-0.2, -0.15) is 5.26 Å². The number of carbonyl (C=O) groups excluding carboxylic acids is 1. The molecule has 1 aromatic carbocycles. The average molecular weight is 444 g/mol. The Morgan fingerprint density at radius 2 is 2.03 bits per heavy atom. The van der Waals surface area contributed by atoms with Crippen LogP contribution in [-0.4, -0.2) is 42.9 Å². The van der Waals surface area contributed by atoms with Crippen LogP contribution in [0.3, 0.4) is 0 Å². The van der Waals surface area contributed by atoms with Crippen molar-refractivity contribution in [2.45, 2.75) is 58.4 Å². The van der Waals surface area contributed by atoms with Crippen molar-refractivity contribution in [3.05, 3.63) is 59.1 Å². The number of amides is 1. The van der Waals surface area contributed by atoms with Crippen LogP contribution in [0.4, 0.5) is 5.69 Å². The van der Waals surface area contributed by atoms with Gasteiger partial charge in [0, 0.05) is 24.3 Å². The fourth-order valence-corrected chi connectivity index (χ4v) is 5.09. The molecule has 0 fully saturated rings. The molecule has 6 heteroatoms. The van der Waals surface area contributed by atoms with Crippen LogP contribution in [0.1, 0.15) is 64.0 Å². The van der Waals surface area contributed by atoms with Gasteiger partial charge in [-0.1, -0.05) is 32.4 Å². The Hall–Kier alpha value is -3.46. The highest BCUT2D eigenvalue weighted by Gasteiger charge is 2.40. The van der Waals surface area contributed by atoms with Crippen molar-refractivity contribution >= 4 is 30.6 Å². The van der Waals surface area contributed by atoms with Crippen LogP contribution in [0.25, 0.3) is 5.57 Å². The number of unbranched alkanes of at least 4 members (excludes halogenated alkanes) is 1. The van der Waals surface area contributed by atoms with Gasteiger partial charge in [-0.25, -0.2) is 9.98 Å². The topological polar surface area (TPSA) is 72.1 Å². The SMILES string of the molecule is C=CCN1C(=O)C(c2ccc3c(c2)C(C)CC(C)(C)N3CCCC)=C(C#N)C1=C(N=C)N=C. The van der Waals surface area contributed by atoms with Crippen LogP contribution in [0.15, 0.2) is 57.9 Å². The second kappa shape index (κ2) is 9.58. The number of allylic oxidation sites excluding steroid dienone is 1. The molecule has 3 rings (SSSR count). The molecule has 6 nitrogen and oxygen atoms in total. The number of nitrogens with zero attached hydrogens (tertiary/aromatic N) is 5. The fourth-order valence-electron chi connectivity index (χ4n) is 5.09. The van der Waals surface area contributed by atoms with Crippen molar-refractivity contribution in [3.8, 4) is 6.07 Å². The molecule has 2 aliphatic heterocycles. The van der Waals surface area contributed by atoms with E-state index in [4.69, 9.17) is 0 Å². The van der Waals surface area contributed by atoms with Crippen molar-refractivity contribution in [1.82, 2.24) is 4.90 Å². The molecule has 0 saturated heterocycles. The minimum atomic E-state index is -0.266. The number of fused-ring (bicyclic) bond motifs is 1. The molecule has 0 bridgehead atoms. The smallest absolute Gasteiger partial charge is 0.260 e. The third-order valence-corrected chi connectivity index (χ3v) is 6.56. The Kier molecular flexibility index (Phi) is 7.02. The number of anilines is 1. The van der Waals surface area contributed by atoms with Crippen LogP contribution >= 0.6 is 0 Å². The summed E-state index contributed by atoms with van der Waals surface area (Å²) in [6.07, 6.45) is 4.89. The zero-order chi connectivity index (χ0) is 24.3. The van der Waals surface area contributed by atoms with E-state index in [-0.39, 0.29) is 29.4 Å². The highest BCUT2D eigenvalue weighted by molar-refractivity contribution is 6.25. The average Bonchev–Trinajstić information content (AvgIpc) is 3.05. The van der Waals surface area contributed by atoms with Crippen molar-refractivity contribution < 1.29 is 4.79 Å².